The van der Waals surface area contributed by atoms with Crippen molar-refractivity contribution in [3.05, 3.63) is 53.5 Å². The molecule has 1 fully saturated rings. The summed E-state index contributed by atoms with van der Waals surface area (Å²) in [6.45, 7) is 3.68. The van der Waals surface area contributed by atoms with Crippen molar-refractivity contribution in [1.29, 1.82) is 5.26 Å². The molecule has 1 amide bonds. The Balaban J connectivity index is 1.77. The van der Waals surface area contributed by atoms with Crippen molar-refractivity contribution in [2.45, 2.75) is 38.8 Å². The Morgan fingerprint density at radius 2 is 2.11 bits per heavy atom. The van der Waals surface area contributed by atoms with E-state index in [0.717, 1.165) is 24.1 Å². The summed E-state index contributed by atoms with van der Waals surface area (Å²) in [6.07, 6.45) is 3.73. The molecule has 0 radical (unpaired) electrons. The number of carbonyl (C=O) groups excluding carboxylic acids is 1. The Morgan fingerprint density at radius 1 is 1.33 bits per heavy atom. The average molecular weight is 364 g/mol. The minimum atomic E-state index is -0.325. The van der Waals surface area contributed by atoms with E-state index >= 15 is 0 Å². The fourth-order valence-electron chi connectivity index (χ4n) is 4.24. The minimum absolute atomic E-state index is 0.0124. The van der Waals surface area contributed by atoms with Gasteiger partial charge in [-0.2, -0.15) is 5.26 Å². The lowest BCUT2D eigenvalue weighted by Gasteiger charge is -2.45. The molecule has 0 spiro atoms. The zero-order valence-corrected chi connectivity index (χ0v) is 15.3. The number of hydrogen-bond donors (Lipinski definition) is 1. The Labute approximate surface area is 157 Å². The number of benzene rings is 1. The summed E-state index contributed by atoms with van der Waals surface area (Å²) in [5, 5.41) is 12.4. The van der Waals surface area contributed by atoms with Crippen molar-refractivity contribution in [2.75, 3.05) is 10.2 Å². The number of rotatable bonds is 3. The van der Waals surface area contributed by atoms with Gasteiger partial charge in [0.25, 0.3) is 0 Å². The zero-order chi connectivity index (χ0) is 19.1. The van der Waals surface area contributed by atoms with Gasteiger partial charge in [-0.05, 0) is 49.1 Å². The third kappa shape index (κ3) is 3.14. The van der Waals surface area contributed by atoms with Gasteiger partial charge in [0.1, 0.15) is 17.7 Å². The lowest BCUT2D eigenvalue weighted by molar-refractivity contribution is -0.117. The predicted octanol–water partition coefficient (Wildman–Crippen LogP) is 4.03. The van der Waals surface area contributed by atoms with E-state index in [1.807, 2.05) is 4.90 Å². The van der Waals surface area contributed by atoms with Crippen LogP contribution in [0.15, 0.2) is 36.5 Å². The third-order valence-electron chi connectivity index (χ3n) is 5.59. The number of nitriles is 1. The molecule has 138 valence electrons. The van der Waals surface area contributed by atoms with Gasteiger partial charge in [-0.25, -0.2) is 9.37 Å². The van der Waals surface area contributed by atoms with Crippen LogP contribution in [0.5, 0.6) is 0 Å². The molecule has 4 rings (SSSR count). The van der Waals surface area contributed by atoms with Gasteiger partial charge >= 0.3 is 0 Å². The monoisotopic (exact) mass is 364 g/mol. The fourth-order valence-corrected chi connectivity index (χ4v) is 4.24. The van der Waals surface area contributed by atoms with E-state index in [4.69, 9.17) is 5.26 Å². The molecule has 1 aromatic carbocycles. The number of halogens is 1. The number of anilines is 2. The number of nitrogens with zero attached hydrogens (tertiary/aromatic N) is 3. The Bertz CT molecular complexity index is 917. The van der Waals surface area contributed by atoms with Gasteiger partial charge in [-0.15, -0.1) is 0 Å². The maximum atomic E-state index is 14.0. The lowest BCUT2D eigenvalue weighted by atomic mass is 9.80. The van der Waals surface area contributed by atoms with Crippen LogP contribution in [0.2, 0.25) is 0 Å². The maximum absolute atomic E-state index is 14.0. The highest BCUT2D eigenvalue weighted by Gasteiger charge is 2.47. The molecule has 1 aromatic heterocycles. The normalized spacial score (nSPS) is 24.1. The van der Waals surface area contributed by atoms with Gasteiger partial charge in [0.2, 0.25) is 5.91 Å². The number of hydrogen-bond acceptors (Lipinski definition) is 4. The van der Waals surface area contributed by atoms with Gasteiger partial charge in [0.05, 0.1) is 11.6 Å². The summed E-state index contributed by atoms with van der Waals surface area (Å²) in [7, 11) is 0. The van der Waals surface area contributed by atoms with Crippen LogP contribution in [0.1, 0.15) is 43.9 Å². The number of aromatic nitrogens is 1. The molecular weight excluding hydrogens is 343 g/mol. The second-order valence-electron chi connectivity index (χ2n) is 7.45. The van der Waals surface area contributed by atoms with Crippen LogP contribution >= 0.6 is 0 Å². The first kappa shape index (κ1) is 17.5. The number of pyridine rings is 1. The third-order valence-corrected chi connectivity index (χ3v) is 5.59. The van der Waals surface area contributed by atoms with E-state index in [1.54, 1.807) is 25.1 Å². The first-order valence-corrected chi connectivity index (χ1v) is 9.21. The Kier molecular flexibility index (Phi) is 4.31. The molecule has 1 aliphatic carbocycles. The van der Waals surface area contributed by atoms with Crippen LogP contribution < -0.4 is 10.2 Å². The largest absolute Gasteiger partial charge is 0.363 e. The van der Waals surface area contributed by atoms with Crippen LogP contribution in [0.4, 0.5) is 15.9 Å². The Morgan fingerprint density at radius 3 is 2.70 bits per heavy atom. The molecular formula is C21H21FN4O. The highest BCUT2D eigenvalue weighted by molar-refractivity contribution is 5.94. The Hall–Kier alpha value is -2.94. The number of carbonyl (C=O) groups is 1. The van der Waals surface area contributed by atoms with Crippen LogP contribution in [0.3, 0.4) is 0 Å². The second-order valence-corrected chi connectivity index (χ2v) is 7.45. The topological polar surface area (TPSA) is 69.0 Å². The predicted molar refractivity (Wildman–Crippen MR) is 101 cm³/mol. The summed E-state index contributed by atoms with van der Waals surface area (Å²) in [6, 6.07) is 10.0. The summed E-state index contributed by atoms with van der Waals surface area (Å²) < 4.78 is 14.0. The average Bonchev–Trinajstić information content (AvgIpc) is 3.48. The van der Waals surface area contributed by atoms with Crippen LogP contribution in [0, 0.1) is 29.0 Å². The standard InChI is InChI=1S/C21H21FN4O/c1-12-20(25-19-8-3-14(10-23)11-24-19)17-9-16(22)6-7-18(17)26(13(2)27)21(12)15-4-5-15/h3,6-9,11-12,15,20-21H,4-5H2,1-2H3,(H,24,25)/t12-,20-,21+/m1/s1. The fraction of sp³-hybridized carbons (Fsp3) is 0.381. The number of fused-ring (bicyclic) bond motifs is 1. The molecule has 0 unspecified atom stereocenters. The quantitative estimate of drug-likeness (QED) is 0.893. The zero-order valence-electron chi connectivity index (χ0n) is 15.3. The first-order chi connectivity index (χ1) is 13.0. The SMILES string of the molecule is CC(=O)N1c2ccc(F)cc2[C@H](Nc2ccc(C#N)cn2)[C@@H](C)[C@H]1C1CC1. The van der Waals surface area contributed by atoms with Crippen molar-refractivity contribution < 1.29 is 9.18 Å². The maximum Gasteiger partial charge on any atom is 0.224 e. The smallest absolute Gasteiger partial charge is 0.224 e. The molecule has 2 aromatic rings. The highest BCUT2D eigenvalue weighted by atomic mass is 19.1. The summed E-state index contributed by atoms with van der Waals surface area (Å²) >= 11 is 0. The molecule has 27 heavy (non-hydrogen) atoms. The van der Waals surface area contributed by atoms with E-state index in [-0.39, 0.29) is 29.7 Å². The summed E-state index contributed by atoms with van der Waals surface area (Å²) in [5.41, 5.74) is 2.02. The van der Waals surface area contributed by atoms with E-state index in [1.165, 1.54) is 18.3 Å². The molecule has 5 nitrogen and oxygen atoms in total. The summed E-state index contributed by atoms with van der Waals surface area (Å²) in [5.74, 6) is 0.857. The van der Waals surface area contributed by atoms with Crippen LogP contribution in [-0.2, 0) is 4.79 Å². The van der Waals surface area contributed by atoms with Gasteiger partial charge in [-0.3, -0.25) is 4.79 Å². The summed E-state index contributed by atoms with van der Waals surface area (Å²) in [4.78, 5) is 18.6. The second kappa shape index (κ2) is 6.66. The first-order valence-electron chi connectivity index (χ1n) is 9.21. The molecule has 1 N–H and O–H groups in total. The van der Waals surface area contributed by atoms with Crippen molar-refractivity contribution in [2.24, 2.45) is 11.8 Å². The lowest BCUT2D eigenvalue weighted by Crippen LogP contribution is -2.51. The molecule has 2 heterocycles. The minimum Gasteiger partial charge on any atom is -0.363 e. The number of amides is 1. The number of nitrogens with one attached hydrogen (secondary N) is 1. The van der Waals surface area contributed by atoms with Gasteiger partial charge in [0.15, 0.2) is 0 Å². The van der Waals surface area contributed by atoms with Crippen molar-refractivity contribution >= 4 is 17.4 Å². The molecule has 6 heteroatoms. The van der Waals surface area contributed by atoms with Crippen LogP contribution in [-0.4, -0.2) is 16.9 Å². The van der Waals surface area contributed by atoms with Gasteiger partial charge in [-0.1, -0.05) is 6.92 Å². The van der Waals surface area contributed by atoms with Crippen LogP contribution in [0.25, 0.3) is 0 Å². The van der Waals surface area contributed by atoms with Gasteiger partial charge in [0, 0.05) is 36.3 Å². The molecule has 1 saturated carbocycles. The van der Waals surface area contributed by atoms with E-state index < -0.39 is 0 Å². The van der Waals surface area contributed by atoms with Gasteiger partial charge < -0.3 is 10.2 Å². The highest BCUT2D eigenvalue weighted by Crippen LogP contribution is 2.49. The van der Waals surface area contributed by atoms with Crippen molar-refractivity contribution in [3.63, 3.8) is 0 Å². The molecule has 1 aliphatic heterocycles. The van der Waals surface area contributed by atoms with Crippen molar-refractivity contribution in [3.8, 4) is 6.07 Å². The van der Waals surface area contributed by atoms with E-state index in [9.17, 15) is 9.18 Å². The van der Waals surface area contributed by atoms with Crippen molar-refractivity contribution in [1.82, 2.24) is 4.98 Å². The molecule has 2 aliphatic rings. The molecule has 0 saturated heterocycles. The molecule has 3 atom stereocenters. The molecule has 0 bridgehead atoms. The van der Waals surface area contributed by atoms with E-state index in [2.05, 4.69) is 23.3 Å². The van der Waals surface area contributed by atoms with E-state index in [0.29, 0.717) is 17.3 Å².